The summed E-state index contributed by atoms with van der Waals surface area (Å²) in [5, 5.41) is 0. The van der Waals surface area contributed by atoms with Crippen molar-refractivity contribution in [2.24, 2.45) is 0 Å². The van der Waals surface area contributed by atoms with Gasteiger partial charge in [-0.1, -0.05) is 12.1 Å². The molecule has 0 unspecified atom stereocenters. The number of imide groups is 1. The van der Waals surface area contributed by atoms with Crippen molar-refractivity contribution in [1.29, 1.82) is 0 Å². The van der Waals surface area contributed by atoms with Crippen LogP contribution in [0.15, 0.2) is 42.6 Å². The molecule has 6 nitrogen and oxygen atoms in total. The molecule has 0 spiro atoms. The van der Waals surface area contributed by atoms with Crippen molar-refractivity contribution in [2.45, 2.75) is 6.42 Å². The zero-order valence-electron chi connectivity index (χ0n) is 11.6. The Morgan fingerprint density at radius 1 is 1.00 bits per heavy atom. The minimum atomic E-state index is -0.392. The van der Waals surface area contributed by atoms with Crippen LogP contribution in [0.3, 0.4) is 0 Å². The first-order valence-electron chi connectivity index (χ1n) is 6.74. The Morgan fingerprint density at radius 2 is 1.64 bits per heavy atom. The van der Waals surface area contributed by atoms with Crippen LogP contribution in [-0.2, 0) is 0 Å². The molecule has 0 aliphatic carbocycles. The number of fused-ring (bicyclic) bond motifs is 1. The van der Waals surface area contributed by atoms with Crippen LogP contribution in [-0.4, -0.2) is 40.0 Å². The van der Waals surface area contributed by atoms with Gasteiger partial charge >= 0.3 is 0 Å². The van der Waals surface area contributed by atoms with Crippen molar-refractivity contribution < 1.29 is 19.2 Å². The molecule has 1 aliphatic heterocycles. The van der Waals surface area contributed by atoms with Gasteiger partial charge in [0, 0.05) is 19.2 Å². The van der Waals surface area contributed by atoms with Crippen LogP contribution in [0.5, 0.6) is 0 Å². The number of benzene rings is 1. The molecule has 3 rings (SSSR count). The van der Waals surface area contributed by atoms with Gasteiger partial charge in [-0.25, -0.2) is 0 Å². The van der Waals surface area contributed by atoms with Gasteiger partial charge in [0.25, 0.3) is 11.8 Å². The van der Waals surface area contributed by atoms with Crippen molar-refractivity contribution >= 4 is 24.0 Å². The van der Waals surface area contributed by atoms with Gasteiger partial charge in [0.1, 0.15) is 0 Å². The van der Waals surface area contributed by atoms with Crippen molar-refractivity contribution in [2.75, 3.05) is 6.54 Å². The van der Waals surface area contributed by atoms with Crippen LogP contribution in [0.2, 0.25) is 0 Å². The molecule has 2 heterocycles. The molecule has 0 saturated heterocycles. The normalized spacial score (nSPS) is 13.4. The standard InChI is InChI=1S/C16H12N2O4/c19-10-11-4-3-8-17(11)14(20)7-9-18-15(21)12-5-1-2-6-13(12)16(18)22/h1-6,8,10H,7,9H2. The molecule has 1 aromatic heterocycles. The van der Waals surface area contributed by atoms with E-state index in [4.69, 9.17) is 0 Å². The molecule has 2 aromatic rings. The number of carbonyl (C=O) groups is 4. The lowest BCUT2D eigenvalue weighted by Crippen LogP contribution is -2.32. The van der Waals surface area contributed by atoms with E-state index >= 15 is 0 Å². The summed E-state index contributed by atoms with van der Waals surface area (Å²) >= 11 is 0. The minimum Gasteiger partial charge on any atom is -0.296 e. The molecule has 22 heavy (non-hydrogen) atoms. The monoisotopic (exact) mass is 296 g/mol. The highest BCUT2D eigenvalue weighted by Gasteiger charge is 2.35. The molecule has 0 fully saturated rings. The van der Waals surface area contributed by atoms with Gasteiger partial charge in [0.15, 0.2) is 6.29 Å². The van der Waals surface area contributed by atoms with Crippen LogP contribution in [0.1, 0.15) is 42.4 Å². The van der Waals surface area contributed by atoms with Gasteiger partial charge in [-0.2, -0.15) is 0 Å². The Labute approximate surface area is 125 Å². The topological polar surface area (TPSA) is 76.5 Å². The van der Waals surface area contributed by atoms with E-state index in [1.807, 2.05) is 0 Å². The van der Waals surface area contributed by atoms with Gasteiger partial charge in [0.2, 0.25) is 5.91 Å². The van der Waals surface area contributed by atoms with Crippen molar-refractivity contribution in [3.8, 4) is 0 Å². The summed E-state index contributed by atoms with van der Waals surface area (Å²) in [5.74, 6) is -1.13. The lowest BCUT2D eigenvalue weighted by atomic mass is 10.1. The summed E-state index contributed by atoms with van der Waals surface area (Å²) in [7, 11) is 0. The number of amides is 2. The van der Waals surface area contributed by atoms with Crippen molar-refractivity contribution in [3.63, 3.8) is 0 Å². The molecule has 1 aromatic carbocycles. The van der Waals surface area contributed by atoms with Crippen LogP contribution in [0.25, 0.3) is 0 Å². The van der Waals surface area contributed by atoms with Gasteiger partial charge in [0.05, 0.1) is 16.8 Å². The third-order valence-corrected chi connectivity index (χ3v) is 3.60. The van der Waals surface area contributed by atoms with Crippen LogP contribution in [0.4, 0.5) is 0 Å². The molecular weight excluding hydrogens is 284 g/mol. The highest BCUT2D eigenvalue weighted by molar-refractivity contribution is 6.21. The van der Waals surface area contributed by atoms with Crippen LogP contribution < -0.4 is 0 Å². The predicted molar refractivity (Wildman–Crippen MR) is 76.9 cm³/mol. The first-order valence-corrected chi connectivity index (χ1v) is 6.74. The molecule has 1 aliphatic rings. The molecule has 110 valence electrons. The first-order chi connectivity index (χ1) is 10.6. The Morgan fingerprint density at radius 3 is 2.23 bits per heavy atom. The van der Waals surface area contributed by atoms with E-state index in [1.54, 1.807) is 30.3 Å². The SMILES string of the molecule is O=Cc1cccn1C(=O)CCN1C(=O)c2ccccc2C1=O. The number of rotatable bonds is 4. The molecule has 0 radical (unpaired) electrons. The molecule has 0 atom stereocenters. The van der Waals surface area contributed by atoms with E-state index in [0.717, 1.165) is 4.90 Å². The number of aromatic nitrogens is 1. The summed E-state index contributed by atoms with van der Waals surface area (Å²) in [6.07, 6.45) is 2.02. The second-order valence-corrected chi connectivity index (χ2v) is 4.87. The lowest BCUT2D eigenvalue weighted by Gasteiger charge is -2.13. The Balaban J connectivity index is 1.73. The zero-order chi connectivity index (χ0) is 15.7. The molecule has 2 amide bonds. The zero-order valence-corrected chi connectivity index (χ0v) is 11.6. The smallest absolute Gasteiger partial charge is 0.261 e. The van der Waals surface area contributed by atoms with Crippen LogP contribution in [0, 0.1) is 0 Å². The fourth-order valence-electron chi connectivity index (χ4n) is 2.49. The van der Waals surface area contributed by atoms with Crippen molar-refractivity contribution in [1.82, 2.24) is 9.47 Å². The second-order valence-electron chi connectivity index (χ2n) is 4.87. The van der Waals surface area contributed by atoms with E-state index in [9.17, 15) is 19.2 Å². The Bertz CT molecular complexity index is 756. The molecule has 0 saturated carbocycles. The summed E-state index contributed by atoms with van der Waals surface area (Å²) < 4.78 is 1.21. The highest BCUT2D eigenvalue weighted by atomic mass is 16.2. The number of hydrogen-bond acceptors (Lipinski definition) is 4. The summed E-state index contributed by atoms with van der Waals surface area (Å²) in [4.78, 5) is 48.3. The summed E-state index contributed by atoms with van der Waals surface area (Å²) in [6, 6.07) is 9.67. The summed E-state index contributed by atoms with van der Waals surface area (Å²) in [6.45, 7) is -0.0122. The van der Waals surface area contributed by atoms with Crippen molar-refractivity contribution in [3.05, 3.63) is 59.4 Å². The molecule has 0 bridgehead atoms. The van der Waals surface area contributed by atoms with Gasteiger partial charge in [-0.3, -0.25) is 28.6 Å². The van der Waals surface area contributed by atoms with Crippen LogP contribution >= 0.6 is 0 Å². The van der Waals surface area contributed by atoms with E-state index in [0.29, 0.717) is 17.4 Å². The number of aldehydes is 1. The van der Waals surface area contributed by atoms with Gasteiger partial charge < -0.3 is 0 Å². The number of nitrogens with zero attached hydrogens (tertiary/aromatic N) is 2. The summed E-state index contributed by atoms with van der Waals surface area (Å²) in [5.41, 5.74) is 0.955. The first kappa shape index (κ1) is 13.9. The third kappa shape index (κ3) is 2.14. The quantitative estimate of drug-likeness (QED) is 0.634. The largest absolute Gasteiger partial charge is 0.296 e. The van der Waals surface area contributed by atoms with Gasteiger partial charge in [-0.05, 0) is 24.3 Å². The maximum atomic E-state index is 12.2. The van der Waals surface area contributed by atoms with Gasteiger partial charge in [-0.15, -0.1) is 0 Å². The van der Waals surface area contributed by atoms with E-state index in [2.05, 4.69) is 0 Å². The molecule has 6 heteroatoms. The highest BCUT2D eigenvalue weighted by Crippen LogP contribution is 2.22. The average Bonchev–Trinajstić information content (AvgIpc) is 3.10. The minimum absolute atomic E-state index is 0.0122. The van der Waals surface area contributed by atoms with E-state index < -0.39 is 11.8 Å². The fraction of sp³-hybridized carbons (Fsp3) is 0.125. The molecular formula is C16H12N2O4. The van der Waals surface area contributed by atoms with E-state index in [-0.39, 0.29) is 24.6 Å². The predicted octanol–water partition coefficient (Wildman–Crippen LogP) is 1.63. The number of carbonyl (C=O) groups excluding carboxylic acids is 4. The number of hydrogen-bond donors (Lipinski definition) is 0. The Hall–Kier alpha value is -3.02. The lowest BCUT2D eigenvalue weighted by molar-refractivity contribution is 0.0644. The van der Waals surface area contributed by atoms with E-state index in [1.165, 1.54) is 16.8 Å². The molecule has 0 N–H and O–H groups in total. The maximum Gasteiger partial charge on any atom is 0.261 e. The third-order valence-electron chi connectivity index (χ3n) is 3.60. The average molecular weight is 296 g/mol. The maximum absolute atomic E-state index is 12.2. The fourth-order valence-corrected chi connectivity index (χ4v) is 2.49. The Kier molecular flexibility index (Phi) is 3.42. The second kappa shape index (κ2) is 5.40.